The number of rotatable bonds is 6. The highest BCUT2D eigenvalue weighted by Crippen LogP contribution is 2.35. The Balaban J connectivity index is 1.42. The van der Waals surface area contributed by atoms with E-state index in [9.17, 15) is 19.7 Å². The van der Waals surface area contributed by atoms with Gasteiger partial charge in [0.2, 0.25) is 16.9 Å². The van der Waals surface area contributed by atoms with E-state index in [2.05, 4.69) is 15.5 Å². The van der Waals surface area contributed by atoms with Crippen LogP contribution in [0, 0.1) is 17.0 Å². The summed E-state index contributed by atoms with van der Waals surface area (Å²) in [4.78, 5) is 37.2. The molecule has 2 amide bonds. The van der Waals surface area contributed by atoms with Gasteiger partial charge in [-0.3, -0.25) is 19.7 Å². The lowest BCUT2D eigenvalue weighted by molar-refractivity contribution is -0.385. The predicted octanol–water partition coefficient (Wildman–Crippen LogP) is 4.11. The standard InChI is InChI=1S/C21H18ClN5O4S/c1-12-6-7-15(10-16(12)22)26-11-14(9-19(26)29)20-24-25-21(32-20)23-18(28)8-13-4-2-3-5-17(13)27(30)31/h2-7,10,14H,8-9,11H2,1H3,(H,23,25,28). The number of amides is 2. The normalized spacial score (nSPS) is 15.8. The maximum Gasteiger partial charge on any atom is 0.273 e. The van der Waals surface area contributed by atoms with Crippen molar-refractivity contribution in [3.05, 3.63) is 73.7 Å². The zero-order chi connectivity index (χ0) is 22.8. The number of carbonyl (C=O) groups excluding carboxylic acids is 2. The van der Waals surface area contributed by atoms with E-state index in [1.807, 2.05) is 19.1 Å². The smallest absolute Gasteiger partial charge is 0.273 e. The van der Waals surface area contributed by atoms with Crippen LogP contribution in [0.3, 0.4) is 0 Å². The summed E-state index contributed by atoms with van der Waals surface area (Å²) in [5.74, 6) is -0.617. The first-order valence-corrected chi connectivity index (χ1v) is 10.9. The summed E-state index contributed by atoms with van der Waals surface area (Å²) in [6, 6.07) is 11.6. The van der Waals surface area contributed by atoms with Gasteiger partial charge in [-0.2, -0.15) is 0 Å². The minimum atomic E-state index is -0.518. The number of benzene rings is 2. The number of nitro benzene ring substituents is 1. The van der Waals surface area contributed by atoms with E-state index >= 15 is 0 Å². The highest BCUT2D eigenvalue weighted by atomic mass is 35.5. The van der Waals surface area contributed by atoms with Crippen LogP contribution in [0.1, 0.15) is 28.5 Å². The van der Waals surface area contributed by atoms with E-state index in [0.717, 1.165) is 11.3 Å². The van der Waals surface area contributed by atoms with Crippen molar-refractivity contribution in [1.82, 2.24) is 10.2 Å². The zero-order valence-corrected chi connectivity index (χ0v) is 18.5. The van der Waals surface area contributed by atoms with Crippen molar-refractivity contribution in [1.29, 1.82) is 0 Å². The molecule has 1 aliphatic rings. The van der Waals surface area contributed by atoms with Gasteiger partial charge >= 0.3 is 0 Å². The molecule has 4 rings (SSSR count). The summed E-state index contributed by atoms with van der Waals surface area (Å²) in [5.41, 5.74) is 1.87. The van der Waals surface area contributed by atoms with Gasteiger partial charge < -0.3 is 10.2 Å². The Hall–Kier alpha value is -3.37. The van der Waals surface area contributed by atoms with Crippen LogP contribution in [-0.4, -0.2) is 33.5 Å². The van der Waals surface area contributed by atoms with E-state index in [4.69, 9.17) is 11.6 Å². The highest BCUT2D eigenvalue weighted by Gasteiger charge is 2.34. The van der Waals surface area contributed by atoms with Crippen LogP contribution < -0.4 is 10.2 Å². The number of aromatic nitrogens is 2. The molecule has 0 aliphatic carbocycles. The molecular formula is C21H18ClN5O4S. The summed E-state index contributed by atoms with van der Waals surface area (Å²) < 4.78 is 0. The van der Waals surface area contributed by atoms with Crippen molar-refractivity contribution >= 4 is 51.3 Å². The fraction of sp³-hybridized carbons (Fsp3) is 0.238. The summed E-state index contributed by atoms with van der Waals surface area (Å²) in [7, 11) is 0. The number of anilines is 2. The molecule has 3 aromatic rings. The Morgan fingerprint density at radius 2 is 2.09 bits per heavy atom. The molecule has 0 saturated carbocycles. The largest absolute Gasteiger partial charge is 0.312 e. The maximum atomic E-state index is 12.5. The van der Waals surface area contributed by atoms with Crippen molar-refractivity contribution < 1.29 is 14.5 Å². The van der Waals surface area contributed by atoms with Gasteiger partial charge in [-0.1, -0.05) is 47.2 Å². The predicted molar refractivity (Wildman–Crippen MR) is 121 cm³/mol. The first-order chi connectivity index (χ1) is 15.3. The number of hydrogen-bond acceptors (Lipinski definition) is 7. The van der Waals surface area contributed by atoms with Gasteiger partial charge in [-0.05, 0) is 24.6 Å². The lowest BCUT2D eigenvalue weighted by Gasteiger charge is -2.17. The summed E-state index contributed by atoms with van der Waals surface area (Å²) in [6.45, 7) is 2.34. The number of halogens is 1. The van der Waals surface area contributed by atoms with Crippen molar-refractivity contribution in [3.63, 3.8) is 0 Å². The second kappa shape index (κ2) is 9.01. The molecule has 11 heteroatoms. The van der Waals surface area contributed by atoms with E-state index in [0.29, 0.717) is 22.1 Å². The molecule has 32 heavy (non-hydrogen) atoms. The number of nitro groups is 1. The second-order valence-electron chi connectivity index (χ2n) is 7.40. The molecule has 1 saturated heterocycles. The Labute approximate surface area is 192 Å². The number of nitrogens with one attached hydrogen (secondary N) is 1. The Kier molecular flexibility index (Phi) is 6.15. The van der Waals surface area contributed by atoms with Gasteiger partial charge in [0.15, 0.2) is 0 Å². The van der Waals surface area contributed by atoms with Gasteiger partial charge in [0, 0.05) is 41.2 Å². The average Bonchev–Trinajstić information content (AvgIpc) is 3.37. The van der Waals surface area contributed by atoms with E-state index < -0.39 is 10.8 Å². The van der Waals surface area contributed by atoms with Crippen LogP contribution in [0.25, 0.3) is 0 Å². The number of para-hydroxylation sites is 1. The highest BCUT2D eigenvalue weighted by molar-refractivity contribution is 7.15. The number of hydrogen-bond donors (Lipinski definition) is 1. The number of aryl methyl sites for hydroxylation is 1. The lowest BCUT2D eigenvalue weighted by atomic mass is 10.1. The Morgan fingerprint density at radius 3 is 2.84 bits per heavy atom. The molecular weight excluding hydrogens is 454 g/mol. The summed E-state index contributed by atoms with van der Waals surface area (Å²) in [6.07, 6.45) is 0.125. The molecule has 0 spiro atoms. The van der Waals surface area contributed by atoms with Gasteiger partial charge in [0.1, 0.15) is 5.01 Å². The quantitative estimate of drug-likeness (QED) is 0.427. The molecule has 2 heterocycles. The molecule has 1 unspecified atom stereocenters. The van der Waals surface area contributed by atoms with Crippen molar-refractivity contribution in [2.75, 3.05) is 16.8 Å². The van der Waals surface area contributed by atoms with Crippen LogP contribution in [0.2, 0.25) is 5.02 Å². The minimum Gasteiger partial charge on any atom is -0.312 e. The van der Waals surface area contributed by atoms with Crippen LogP contribution in [-0.2, 0) is 16.0 Å². The number of nitrogens with zero attached hydrogens (tertiary/aromatic N) is 4. The molecule has 1 atom stereocenters. The molecule has 164 valence electrons. The van der Waals surface area contributed by atoms with Crippen LogP contribution in [0.15, 0.2) is 42.5 Å². The fourth-order valence-corrected chi connectivity index (χ4v) is 4.52. The van der Waals surface area contributed by atoms with Crippen molar-refractivity contribution in [2.45, 2.75) is 25.7 Å². The van der Waals surface area contributed by atoms with Gasteiger partial charge in [0.25, 0.3) is 5.69 Å². The SMILES string of the molecule is Cc1ccc(N2CC(c3nnc(NC(=O)Cc4ccccc4[N+](=O)[O-])s3)CC2=O)cc1Cl. The molecule has 1 aliphatic heterocycles. The second-order valence-corrected chi connectivity index (χ2v) is 8.81. The Bertz CT molecular complexity index is 1210. The van der Waals surface area contributed by atoms with Crippen LogP contribution in [0.4, 0.5) is 16.5 Å². The molecule has 0 bridgehead atoms. The molecule has 1 fully saturated rings. The minimum absolute atomic E-state index is 0.0351. The average molecular weight is 472 g/mol. The molecule has 2 aromatic carbocycles. The maximum absolute atomic E-state index is 12.5. The summed E-state index contributed by atoms with van der Waals surface area (Å²) >= 11 is 7.39. The topological polar surface area (TPSA) is 118 Å². The van der Waals surface area contributed by atoms with Crippen LogP contribution in [0.5, 0.6) is 0 Å². The van der Waals surface area contributed by atoms with Crippen molar-refractivity contribution in [2.24, 2.45) is 0 Å². The third kappa shape index (κ3) is 4.61. The van der Waals surface area contributed by atoms with Gasteiger partial charge in [-0.15, -0.1) is 10.2 Å². The first-order valence-electron chi connectivity index (χ1n) is 9.74. The fourth-order valence-electron chi connectivity index (χ4n) is 3.50. The van der Waals surface area contributed by atoms with Gasteiger partial charge in [0.05, 0.1) is 11.3 Å². The molecule has 1 N–H and O–H groups in total. The number of carbonyl (C=O) groups is 2. The third-order valence-electron chi connectivity index (χ3n) is 5.17. The van der Waals surface area contributed by atoms with E-state index in [-0.39, 0.29) is 35.5 Å². The third-order valence-corrected chi connectivity index (χ3v) is 6.58. The van der Waals surface area contributed by atoms with Gasteiger partial charge in [-0.25, -0.2) is 0 Å². The zero-order valence-electron chi connectivity index (χ0n) is 16.9. The summed E-state index contributed by atoms with van der Waals surface area (Å²) in [5, 5.41) is 23.4. The van der Waals surface area contributed by atoms with E-state index in [1.54, 1.807) is 29.2 Å². The van der Waals surface area contributed by atoms with Crippen molar-refractivity contribution in [3.8, 4) is 0 Å². The Morgan fingerprint density at radius 1 is 1.31 bits per heavy atom. The van der Waals surface area contributed by atoms with E-state index in [1.165, 1.54) is 17.4 Å². The molecule has 0 radical (unpaired) electrons. The monoisotopic (exact) mass is 471 g/mol. The molecule has 1 aromatic heterocycles. The first kappa shape index (κ1) is 21.8. The molecule has 9 nitrogen and oxygen atoms in total. The lowest BCUT2D eigenvalue weighted by Crippen LogP contribution is -2.24. The van der Waals surface area contributed by atoms with Crippen LogP contribution >= 0.6 is 22.9 Å².